The Morgan fingerprint density at radius 3 is 2.63 bits per heavy atom. The summed E-state index contributed by atoms with van der Waals surface area (Å²) in [4.78, 5) is 22.2. The summed E-state index contributed by atoms with van der Waals surface area (Å²) >= 11 is 6.49. The standard InChI is InChI=1S/C22H25N5OS2/c1-16(29)24-14-10-19(25-13-7-17-5-3-2-4-6-17)21(28)27-22-26-20(15-30-22)18-8-11-23-12-9-18/h2-6,8-9,11-12,15,19,25H,7,10,13-14H2,1H3,(H,24,29)(H,26,27,28)/t19-/m0/s1. The summed E-state index contributed by atoms with van der Waals surface area (Å²) in [6.45, 7) is 3.17. The Kier molecular flexibility index (Phi) is 8.43. The maximum Gasteiger partial charge on any atom is 0.243 e. The quantitative estimate of drug-likeness (QED) is 0.418. The number of amides is 1. The Balaban J connectivity index is 1.59. The van der Waals surface area contributed by atoms with Crippen LogP contribution < -0.4 is 16.0 Å². The molecule has 0 saturated heterocycles. The lowest BCUT2D eigenvalue weighted by molar-refractivity contribution is -0.118. The van der Waals surface area contributed by atoms with Gasteiger partial charge in [-0.2, -0.15) is 0 Å². The van der Waals surface area contributed by atoms with E-state index >= 15 is 0 Å². The van der Waals surface area contributed by atoms with Gasteiger partial charge in [0.2, 0.25) is 5.91 Å². The minimum atomic E-state index is -0.344. The highest BCUT2D eigenvalue weighted by atomic mass is 32.1. The number of thiazole rings is 1. The summed E-state index contributed by atoms with van der Waals surface area (Å²) in [7, 11) is 0. The van der Waals surface area contributed by atoms with Gasteiger partial charge in [-0.3, -0.25) is 9.78 Å². The Morgan fingerprint density at radius 2 is 1.90 bits per heavy atom. The third-order valence-electron chi connectivity index (χ3n) is 4.48. The third kappa shape index (κ3) is 6.98. The molecule has 30 heavy (non-hydrogen) atoms. The highest BCUT2D eigenvalue weighted by molar-refractivity contribution is 7.80. The van der Waals surface area contributed by atoms with Crippen molar-refractivity contribution in [3.8, 4) is 11.3 Å². The van der Waals surface area contributed by atoms with E-state index in [9.17, 15) is 4.79 Å². The number of hydrogen-bond acceptors (Lipinski definition) is 6. The first-order chi connectivity index (χ1) is 14.6. The molecule has 2 heterocycles. The van der Waals surface area contributed by atoms with Gasteiger partial charge in [0, 0.05) is 29.9 Å². The van der Waals surface area contributed by atoms with Crippen LogP contribution in [0.2, 0.25) is 0 Å². The van der Waals surface area contributed by atoms with Crippen LogP contribution in [-0.4, -0.2) is 40.0 Å². The second-order valence-electron chi connectivity index (χ2n) is 6.78. The number of carbonyl (C=O) groups is 1. The van der Waals surface area contributed by atoms with E-state index in [1.807, 2.05) is 42.6 Å². The van der Waals surface area contributed by atoms with Crippen molar-refractivity contribution in [1.29, 1.82) is 0 Å². The maximum atomic E-state index is 12.9. The zero-order valence-corrected chi connectivity index (χ0v) is 18.4. The van der Waals surface area contributed by atoms with Gasteiger partial charge in [-0.25, -0.2) is 4.98 Å². The van der Waals surface area contributed by atoms with Crippen LogP contribution >= 0.6 is 23.6 Å². The highest BCUT2D eigenvalue weighted by Gasteiger charge is 2.19. The van der Waals surface area contributed by atoms with Crippen molar-refractivity contribution in [2.75, 3.05) is 18.4 Å². The number of pyridine rings is 1. The van der Waals surface area contributed by atoms with Gasteiger partial charge in [0.25, 0.3) is 0 Å². The van der Waals surface area contributed by atoms with Crippen molar-refractivity contribution < 1.29 is 4.79 Å². The van der Waals surface area contributed by atoms with Crippen molar-refractivity contribution in [3.63, 3.8) is 0 Å². The molecule has 2 aromatic heterocycles. The fraction of sp³-hybridized carbons (Fsp3) is 0.273. The third-order valence-corrected chi connectivity index (χ3v) is 5.38. The summed E-state index contributed by atoms with van der Waals surface area (Å²) in [5.74, 6) is -0.0949. The molecule has 0 radical (unpaired) electrons. The van der Waals surface area contributed by atoms with Gasteiger partial charge in [-0.15, -0.1) is 11.3 Å². The van der Waals surface area contributed by atoms with Crippen molar-refractivity contribution >= 4 is 39.6 Å². The van der Waals surface area contributed by atoms with E-state index in [-0.39, 0.29) is 11.9 Å². The SMILES string of the molecule is CC(=S)NCC[C@H](NCCc1ccccc1)C(=O)Nc1nc(-c2ccncc2)cs1. The Bertz CT molecular complexity index is 946. The zero-order valence-electron chi connectivity index (χ0n) is 16.8. The van der Waals surface area contributed by atoms with Crippen molar-refractivity contribution in [2.24, 2.45) is 0 Å². The lowest BCUT2D eigenvalue weighted by Crippen LogP contribution is -2.43. The molecule has 1 aromatic carbocycles. The minimum Gasteiger partial charge on any atom is -0.380 e. The van der Waals surface area contributed by atoms with Gasteiger partial charge in [-0.05, 0) is 44.0 Å². The summed E-state index contributed by atoms with van der Waals surface area (Å²) in [5.41, 5.74) is 3.03. The molecule has 8 heteroatoms. The molecule has 0 aliphatic rings. The van der Waals surface area contributed by atoms with Crippen LogP contribution in [-0.2, 0) is 11.2 Å². The average Bonchev–Trinajstić information content (AvgIpc) is 3.22. The largest absolute Gasteiger partial charge is 0.380 e. The smallest absolute Gasteiger partial charge is 0.243 e. The van der Waals surface area contributed by atoms with Gasteiger partial charge in [-0.1, -0.05) is 42.5 Å². The molecule has 3 aromatic rings. The lowest BCUT2D eigenvalue weighted by Gasteiger charge is -2.18. The summed E-state index contributed by atoms with van der Waals surface area (Å²) in [6, 6.07) is 13.7. The van der Waals surface area contributed by atoms with Crippen LogP contribution in [0, 0.1) is 0 Å². The van der Waals surface area contributed by atoms with E-state index in [0.717, 1.165) is 22.7 Å². The molecule has 3 N–H and O–H groups in total. The van der Waals surface area contributed by atoms with E-state index in [2.05, 4.69) is 38.1 Å². The fourth-order valence-electron chi connectivity index (χ4n) is 2.93. The van der Waals surface area contributed by atoms with E-state index in [4.69, 9.17) is 12.2 Å². The molecule has 0 spiro atoms. The summed E-state index contributed by atoms with van der Waals surface area (Å²) < 4.78 is 0. The molecular weight excluding hydrogens is 414 g/mol. The predicted octanol–water partition coefficient (Wildman–Crippen LogP) is 3.67. The number of carbonyl (C=O) groups excluding carboxylic acids is 1. The average molecular weight is 440 g/mol. The Hall–Kier alpha value is -2.68. The van der Waals surface area contributed by atoms with Gasteiger partial charge >= 0.3 is 0 Å². The topological polar surface area (TPSA) is 78.9 Å². The summed E-state index contributed by atoms with van der Waals surface area (Å²) in [6.07, 6.45) is 4.93. The first-order valence-corrected chi connectivity index (χ1v) is 11.1. The molecule has 0 saturated carbocycles. The Labute approximate surface area is 186 Å². The molecule has 6 nitrogen and oxygen atoms in total. The minimum absolute atomic E-state index is 0.0949. The first-order valence-electron chi connectivity index (χ1n) is 9.80. The van der Waals surface area contributed by atoms with Crippen molar-refractivity contribution in [2.45, 2.75) is 25.8 Å². The number of aromatic nitrogens is 2. The zero-order chi connectivity index (χ0) is 21.2. The van der Waals surface area contributed by atoms with Crippen LogP contribution in [0.25, 0.3) is 11.3 Å². The van der Waals surface area contributed by atoms with E-state index in [1.54, 1.807) is 12.4 Å². The van der Waals surface area contributed by atoms with Gasteiger partial charge in [0.05, 0.1) is 16.7 Å². The van der Waals surface area contributed by atoms with Gasteiger partial charge in [0.1, 0.15) is 0 Å². The number of anilines is 1. The molecule has 0 unspecified atom stereocenters. The molecule has 0 bridgehead atoms. The second-order valence-corrected chi connectivity index (χ2v) is 8.25. The van der Waals surface area contributed by atoms with Crippen LogP contribution in [0.15, 0.2) is 60.2 Å². The number of rotatable bonds is 10. The fourth-order valence-corrected chi connectivity index (χ4v) is 3.76. The molecule has 0 aliphatic heterocycles. The predicted molar refractivity (Wildman–Crippen MR) is 127 cm³/mol. The van der Waals surface area contributed by atoms with Crippen molar-refractivity contribution in [1.82, 2.24) is 20.6 Å². The molecule has 1 atom stereocenters. The number of nitrogens with zero attached hydrogens (tertiary/aromatic N) is 2. The number of nitrogens with one attached hydrogen (secondary N) is 3. The summed E-state index contributed by atoms with van der Waals surface area (Å²) in [5, 5.41) is 12.0. The Morgan fingerprint density at radius 1 is 1.13 bits per heavy atom. The first kappa shape index (κ1) is 22.0. The van der Waals surface area contributed by atoms with Crippen molar-refractivity contribution in [3.05, 3.63) is 65.8 Å². The van der Waals surface area contributed by atoms with E-state index in [1.165, 1.54) is 16.9 Å². The van der Waals surface area contributed by atoms with E-state index in [0.29, 0.717) is 24.6 Å². The van der Waals surface area contributed by atoms with Crippen LogP contribution in [0.4, 0.5) is 5.13 Å². The molecule has 0 fully saturated rings. The van der Waals surface area contributed by atoms with Gasteiger partial charge < -0.3 is 16.0 Å². The molecule has 1 amide bonds. The second kappa shape index (κ2) is 11.5. The van der Waals surface area contributed by atoms with Crippen LogP contribution in [0.5, 0.6) is 0 Å². The number of thiocarbonyl (C=S) groups is 1. The maximum absolute atomic E-state index is 12.9. The lowest BCUT2D eigenvalue weighted by atomic mass is 10.1. The monoisotopic (exact) mass is 439 g/mol. The normalized spacial score (nSPS) is 11.6. The van der Waals surface area contributed by atoms with E-state index < -0.39 is 0 Å². The molecule has 156 valence electrons. The molecular formula is C22H25N5OS2. The molecule has 0 aliphatic carbocycles. The highest BCUT2D eigenvalue weighted by Crippen LogP contribution is 2.24. The number of hydrogen-bond donors (Lipinski definition) is 3. The molecule has 3 rings (SSSR count). The van der Waals surface area contributed by atoms with Gasteiger partial charge in [0.15, 0.2) is 5.13 Å². The van der Waals surface area contributed by atoms with Crippen LogP contribution in [0.1, 0.15) is 18.9 Å². The number of benzene rings is 1. The van der Waals surface area contributed by atoms with Crippen LogP contribution in [0.3, 0.4) is 0 Å².